The van der Waals surface area contributed by atoms with Crippen LogP contribution in [0.2, 0.25) is 0 Å². The van der Waals surface area contributed by atoms with Crippen LogP contribution in [0, 0.1) is 5.92 Å². The highest BCUT2D eigenvalue weighted by Crippen LogP contribution is 2.51. The Morgan fingerprint density at radius 2 is 2.06 bits per heavy atom. The number of benzene rings is 1. The van der Waals surface area contributed by atoms with Crippen molar-refractivity contribution in [3.63, 3.8) is 0 Å². The summed E-state index contributed by atoms with van der Waals surface area (Å²) in [4.78, 5) is 0. The first-order chi connectivity index (χ1) is 7.86. The fourth-order valence-corrected chi connectivity index (χ4v) is 3.99. The lowest BCUT2D eigenvalue weighted by Crippen LogP contribution is -2.17. The third kappa shape index (κ3) is 1.10. The SMILES string of the molecule is C1=CC2(c3ccc4c(c3)CCC4)CCC1C2. The van der Waals surface area contributed by atoms with E-state index >= 15 is 0 Å². The van der Waals surface area contributed by atoms with Crippen molar-refractivity contribution in [2.45, 2.75) is 43.9 Å². The summed E-state index contributed by atoms with van der Waals surface area (Å²) in [5, 5.41) is 0. The molecule has 0 spiro atoms. The first-order valence-corrected chi connectivity index (χ1v) is 6.67. The Labute approximate surface area is 97.4 Å². The Balaban J connectivity index is 1.80. The molecule has 0 aromatic heterocycles. The van der Waals surface area contributed by atoms with E-state index in [1.165, 1.54) is 38.5 Å². The van der Waals surface area contributed by atoms with E-state index in [0.717, 1.165) is 5.92 Å². The van der Waals surface area contributed by atoms with E-state index in [0.29, 0.717) is 5.41 Å². The van der Waals surface area contributed by atoms with Crippen molar-refractivity contribution in [1.29, 1.82) is 0 Å². The summed E-state index contributed by atoms with van der Waals surface area (Å²) in [6, 6.07) is 7.31. The van der Waals surface area contributed by atoms with Gasteiger partial charge in [-0.05, 0) is 61.1 Å². The molecule has 3 aliphatic carbocycles. The molecule has 0 radical (unpaired) electrons. The maximum absolute atomic E-state index is 2.51. The summed E-state index contributed by atoms with van der Waals surface area (Å²) < 4.78 is 0. The van der Waals surface area contributed by atoms with Crippen LogP contribution in [0.1, 0.15) is 42.4 Å². The molecular weight excluding hydrogens is 192 g/mol. The number of hydrogen-bond acceptors (Lipinski definition) is 0. The maximum Gasteiger partial charge on any atom is 0.0138 e. The topological polar surface area (TPSA) is 0 Å². The van der Waals surface area contributed by atoms with Crippen molar-refractivity contribution in [1.82, 2.24) is 0 Å². The average molecular weight is 210 g/mol. The molecule has 0 N–H and O–H groups in total. The van der Waals surface area contributed by atoms with Gasteiger partial charge in [0.2, 0.25) is 0 Å². The molecule has 1 fully saturated rings. The smallest absolute Gasteiger partial charge is 0.0138 e. The number of hydrogen-bond donors (Lipinski definition) is 0. The third-order valence-corrected chi connectivity index (χ3v) is 4.95. The van der Waals surface area contributed by atoms with E-state index in [1.54, 1.807) is 16.7 Å². The van der Waals surface area contributed by atoms with Gasteiger partial charge in [-0.2, -0.15) is 0 Å². The Hall–Kier alpha value is -1.04. The van der Waals surface area contributed by atoms with Crippen molar-refractivity contribution in [3.8, 4) is 0 Å². The zero-order valence-corrected chi connectivity index (χ0v) is 9.71. The summed E-state index contributed by atoms with van der Waals surface area (Å²) in [5.41, 5.74) is 5.28. The highest BCUT2D eigenvalue weighted by molar-refractivity contribution is 5.43. The van der Waals surface area contributed by atoms with Gasteiger partial charge in [0, 0.05) is 5.41 Å². The Kier molecular flexibility index (Phi) is 1.69. The first kappa shape index (κ1) is 9.04. The van der Waals surface area contributed by atoms with Gasteiger partial charge in [0.1, 0.15) is 0 Å². The van der Waals surface area contributed by atoms with Gasteiger partial charge in [0.15, 0.2) is 0 Å². The molecule has 0 heterocycles. The molecule has 2 atom stereocenters. The average Bonchev–Trinajstić information content (AvgIpc) is 3.04. The van der Waals surface area contributed by atoms with Gasteiger partial charge < -0.3 is 0 Å². The quantitative estimate of drug-likeness (QED) is 0.619. The van der Waals surface area contributed by atoms with Crippen LogP contribution in [-0.2, 0) is 18.3 Å². The molecule has 0 heteroatoms. The van der Waals surface area contributed by atoms with Crippen LogP contribution in [0.3, 0.4) is 0 Å². The summed E-state index contributed by atoms with van der Waals surface area (Å²) in [6.07, 6.45) is 13.1. The van der Waals surface area contributed by atoms with Crippen LogP contribution in [-0.4, -0.2) is 0 Å². The molecule has 1 saturated carbocycles. The van der Waals surface area contributed by atoms with Gasteiger partial charge in [-0.25, -0.2) is 0 Å². The number of rotatable bonds is 1. The van der Waals surface area contributed by atoms with Gasteiger partial charge in [0.05, 0.1) is 0 Å². The standard InChI is InChI=1S/C16H18/c1-2-13-4-5-15(10-14(13)3-1)16-8-6-12(11-16)7-9-16/h4-6,8,10,12H,1-3,7,9,11H2. The van der Waals surface area contributed by atoms with Crippen LogP contribution in [0.15, 0.2) is 30.4 Å². The number of allylic oxidation sites excluding steroid dienone is 2. The number of aryl methyl sites for hydroxylation is 2. The van der Waals surface area contributed by atoms with Gasteiger partial charge in [-0.3, -0.25) is 0 Å². The Morgan fingerprint density at radius 1 is 1.12 bits per heavy atom. The summed E-state index contributed by atoms with van der Waals surface area (Å²) in [7, 11) is 0. The van der Waals surface area contributed by atoms with E-state index in [1.807, 2.05) is 0 Å². The van der Waals surface area contributed by atoms with Crippen LogP contribution in [0.25, 0.3) is 0 Å². The van der Waals surface area contributed by atoms with Crippen LogP contribution < -0.4 is 0 Å². The third-order valence-electron chi connectivity index (χ3n) is 4.95. The van der Waals surface area contributed by atoms with Crippen molar-refractivity contribution >= 4 is 0 Å². The molecule has 0 saturated heterocycles. The predicted octanol–water partition coefficient (Wildman–Crippen LogP) is 3.78. The number of fused-ring (bicyclic) bond motifs is 3. The van der Waals surface area contributed by atoms with Crippen molar-refractivity contribution < 1.29 is 0 Å². The second kappa shape index (κ2) is 3.00. The molecule has 4 rings (SSSR count). The van der Waals surface area contributed by atoms with Crippen LogP contribution in [0.5, 0.6) is 0 Å². The normalized spacial score (nSPS) is 34.6. The molecule has 16 heavy (non-hydrogen) atoms. The Morgan fingerprint density at radius 3 is 2.81 bits per heavy atom. The van der Waals surface area contributed by atoms with Crippen molar-refractivity contribution in [2.24, 2.45) is 5.92 Å². The highest BCUT2D eigenvalue weighted by atomic mass is 14.5. The molecule has 2 bridgehead atoms. The lowest BCUT2D eigenvalue weighted by atomic mass is 9.79. The van der Waals surface area contributed by atoms with Gasteiger partial charge in [-0.1, -0.05) is 30.4 Å². The van der Waals surface area contributed by atoms with Crippen LogP contribution in [0.4, 0.5) is 0 Å². The fourth-order valence-electron chi connectivity index (χ4n) is 3.99. The van der Waals surface area contributed by atoms with E-state index < -0.39 is 0 Å². The second-order valence-electron chi connectivity index (χ2n) is 5.86. The second-order valence-corrected chi connectivity index (χ2v) is 5.86. The first-order valence-electron chi connectivity index (χ1n) is 6.67. The highest BCUT2D eigenvalue weighted by Gasteiger charge is 2.41. The van der Waals surface area contributed by atoms with E-state index in [2.05, 4.69) is 30.4 Å². The van der Waals surface area contributed by atoms with Gasteiger partial charge in [0.25, 0.3) is 0 Å². The zero-order chi connectivity index (χ0) is 10.6. The van der Waals surface area contributed by atoms with Crippen molar-refractivity contribution in [2.75, 3.05) is 0 Å². The largest absolute Gasteiger partial charge is 0.0845 e. The monoisotopic (exact) mass is 210 g/mol. The molecule has 2 unspecified atom stereocenters. The zero-order valence-electron chi connectivity index (χ0n) is 9.71. The van der Waals surface area contributed by atoms with E-state index in [4.69, 9.17) is 0 Å². The van der Waals surface area contributed by atoms with E-state index in [-0.39, 0.29) is 0 Å². The molecular formula is C16H18. The minimum Gasteiger partial charge on any atom is -0.0845 e. The van der Waals surface area contributed by atoms with Gasteiger partial charge in [-0.15, -0.1) is 0 Å². The van der Waals surface area contributed by atoms with Crippen LogP contribution >= 0.6 is 0 Å². The molecule has 3 aliphatic rings. The van der Waals surface area contributed by atoms with Gasteiger partial charge >= 0.3 is 0 Å². The minimum atomic E-state index is 0.433. The lowest BCUT2D eigenvalue weighted by Gasteiger charge is -2.25. The fraction of sp³-hybridized carbons (Fsp3) is 0.500. The lowest BCUT2D eigenvalue weighted by molar-refractivity contribution is 0.566. The molecule has 0 nitrogen and oxygen atoms in total. The molecule has 0 amide bonds. The molecule has 1 aromatic carbocycles. The predicted molar refractivity (Wildman–Crippen MR) is 66.6 cm³/mol. The summed E-state index contributed by atoms with van der Waals surface area (Å²) >= 11 is 0. The molecule has 0 aliphatic heterocycles. The Bertz CT molecular complexity index is 469. The maximum atomic E-state index is 2.51. The van der Waals surface area contributed by atoms with Crippen molar-refractivity contribution in [3.05, 3.63) is 47.0 Å². The molecule has 1 aromatic rings. The summed E-state index contributed by atoms with van der Waals surface area (Å²) in [6.45, 7) is 0. The minimum absolute atomic E-state index is 0.433. The summed E-state index contributed by atoms with van der Waals surface area (Å²) in [5.74, 6) is 0.883. The molecule has 82 valence electrons. The van der Waals surface area contributed by atoms with E-state index in [9.17, 15) is 0 Å².